The lowest BCUT2D eigenvalue weighted by Gasteiger charge is -2.12. The molecule has 2 rings (SSSR count). The van der Waals surface area contributed by atoms with Crippen LogP contribution < -0.4 is 8.92 Å². The van der Waals surface area contributed by atoms with Crippen molar-refractivity contribution in [2.45, 2.75) is 11.8 Å². The fraction of sp³-hybridized carbons (Fsp3) is 0.143. The van der Waals surface area contributed by atoms with Gasteiger partial charge in [-0.3, -0.25) is 0 Å². The zero-order chi connectivity index (χ0) is 14.8. The second-order valence-corrected chi connectivity index (χ2v) is 6.49. The number of methoxy groups -OCH3 is 1. The fourth-order valence-electron chi connectivity index (χ4n) is 1.65. The first-order valence-corrected chi connectivity index (χ1v) is 7.98. The molecule has 0 atom stereocenters. The van der Waals surface area contributed by atoms with Gasteiger partial charge in [-0.05, 0) is 52.7 Å². The first-order valence-electron chi connectivity index (χ1n) is 5.77. The van der Waals surface area contributed by atoms with Gasteiger partial charge in [-0.2, -0.15) is 8.42 Å². The lowest BCUT2D eigenvalue weighted by atomic mass is 10.2. The van der Waals surface area contributed by atoms with Gasteiger partial charge in [-0.15, -0.1) is 0 Å². The van der Waals surface area contributed by atoms with Crippen molar-refractivity contribution in [2.75, 3.05) is 7.11 Å². The third-order valence-corrected chi connectivity index (χ3v) is 4.54. The summed E-state index contributed by atoms with van der Waals surface area (Å²) in [4.78, 5) is 0.00996. The van der Waals surface area contributed by atoms with Crippen molar-refractivity contribution in [3.63, 3.8) is 0 Å². The summed E-state index contributed by atoms with van der Waals surface area (Å²) < 4.78 is 35.5. The van der Waals surface area contributed by atoms with Crippen LogP contribution in [-0.2, 0) is 10.1 Å². The van der Waals surface area contributed by atoms with Crippen LogP contribution in [0.15, 0.2) is 51.8 Å². The molecule has 0 amide bonds. The summed E-state index contributed by atoms with van der Waals surface area (Å²) in [7, 11) is -2.54. The molecule has 106 valence electrons. The average Bonchev–Trinajstić information content (AvgIpc) is 2.41. The van der Waals surface area contributed by atoms with E-state index in [9.17, 15) is 8.42 Å². The summed E-state index contributed by atoms with van der Waals surface area (Å²) in [6.07, 6.45) is 0. The molecular formula is C14H13BrO4S. The van der Waals surface area contributed by atoms with Crippen LogP contribution >= 0.6 is 15.9 Å². The second-order valence-electron chi connectivity index (χ2n) is 4.12. The van der Waals surface area contributed by atoms with Crippen molar-refractivity contribution in [1.29, 1.82) is 0 Å². The van der Waals surface area contributed by atoms with Gasteiger partial charge >= 0.3 is 10.1 Å². The van der Waals surface area contributed by atoms with E-state index in [0.29, 0.717) is 4.47 Å². The van der Waals surface area contributed by atoms with Crippen molar-refractivity contribution in [3.05, 3.63) is 52.5 Å². The Morgan fingerprint density at radius 2 is 1.75 bits per heavy atom. The molecule has 0 bridgehead atoms. The molecule has 0 saturated carbocycles. The van der Waals surface area contributed by atoms with Gasteiger partial charge in [0.1, 0.15) is 10.6 Å². The standard InChI is InChI=1S/C14H13BrO4S/c1-10-7-8-13(18-2)14(9-10)20(16,17)19-12-6-4-3-5-11(12)15/h3-9H,1-2H3. The maximum atomic E-state index is 12.4. The van der Waals surface area contributed by atoms with Crippen LogP contribution in [0.1, 0.15) is 5.56 Å². The van der Waals surface area contributed by atoms with E-state index in [-0.39, 0.29) is 16.4 Å². The Bertz CT molecular complexity index is 726. The highest BCUT2D eigenvalue weighted by Gasteiger charge is 2.22. The number of para-hydroxylation sites is 1. The molecule has 4 nitrogen and oxygen atoms in total. The Morgan fingerprint density at radius 1 is 1.05 bits per heavy atom. The quantitative estimate of drug-likeness (QED) is 0.786. The zero-order valence-corrected chi connectivity index (χ0v) is 13.4. The van der Waals surface area contributed by atoms with Gasteiger partial charge in [0, 0.05) is 0 Å². The van der Waals surface area contributed by atoms with Gasteiger partial charge < -0.3 is 8.92 Å². The summed E-state index contributed by atoms with van der Waals surface area (Å²) in [5, 5.41) is 0. The molecule has 0 fully saturated rings. The molecule has 0 radical (unpaired) electrons. The van der Waals surface area contributed by atoms with Crippen LogP contribution in [0.3, 0.4) is 0 Å². The Labute approximate surface area is 126 Å². The minimum Gasteiger partial charge on any atom is -0.495 e. The van der Waals surface area contributed by atoms with Crippen LogP contribution in [0.2, 0.25) is 0 Å². The molecule has 6 heteroatoms. The van der Waals surface area contributed by atoms with E-state index in [4.69, 9.17) is 8.92 Å². The van der Waals surface area contributed by atoms with Crippen LogP contribution in [0.4, 0.5) is 0 Å². The predicted molar refractivity (Wildman–Crippen MR) is 79.7 cm³/mol. The number of aryl methyl sites for hydroxylation is 1. The van der Waals surface area contributed by atoms with Gasteiger partial charge in [0.2, 0.25) is 0 Å². The maximum absolute atomic E-state index is 12.4. The number of halogens is 1. The predicted octanol–water partition coefficient (Wildman–Crippen LogP) is 3.53. The fourth-order valence-corrected chi connectivity index (χ4v) is 3.33. The topological polar surface area (TPSA) is 52.6 Å². The lowest BCUT2D eigenvalue weighted by Crippen LogP contribution is -2.11. The monoisotopic (exact) mass is 356 g/mol. The molecule has 0 N–H and O–H groups in total. The SMILES string of the molecule is COc1ccc(C)cc1S(=O)(=O)Oc1ccccc1Br. The number of hydrogen-bond acceptors (Lipinski definition) is 4. The smallest absolute Gasteiger partial charge is 0.342 e. The molecular weight excluding hydrogens is 344 g/mol. The average molecular weight is 357 g/mol. The summed E-state index contributed by atoms with van der Waals surface area (Å²) >= 11 is 3.25. The molecule has 0 unspecified atom stereocenters. The molecule has 0 spiro atoms. The maximum Gasteiger partial charge on any atom is 0.342 e. The highest BCUT2D eigenvalue weighted by Crippen LogP contribution is 2.31. The van der Waals surface area contributed by atoms with Crippen molar-refractivity contribution < 1.29 is 17.3 Å². The molecule has 2 aromatic rings. The zero-order valence-electron chi connectivity index (χ0n) is 11.0. The number of benzene rings is 2. The third-order valence-electron chi connectivity index (χ3n) is 2.62. The largest absolute Gasteiger partial charge is 0.495 e. The minimum absolute atomic E-state index is 0.00996. The molecule has 2 aromatic carbocycles. The Hall–Kier alpha value is -1.53. The minimum atomic E-state index is -3.96. The van der Waals surface area contributed by atoms with Gasteiger partial charge in [0.25, 0.3) is 0 Å². The Morgan fingerprint density at radius 3 is 2.40 bits per heavy atom. The highest BCUT2D eigenvalue weighted by atomic mass is 79.9. The summed E-state index contributed by atoms with van der Waals surface area (Å²) in [6.45, 7) is 1.80. The van der Waals surface area contributed by atoms with Crippen molar-refractivity contribution in [2.24, 2.45) is 0 Å². The molecule has 0 saturated heterocycles. The summed E-state index contributed by atoms with van der Waals surface area (Å²) in [5.74, 6) is 0.485. The van der Waals surface area contributed by atoms with E-state index in [1.54, 1.807) is 43.3 Å². The van der Waals surface area contributed by atoms with E-state index in [2.05, 4.69) is 15.9 Å². The molecule has 20 heavy (non-hydrogen) atoms. The van der Waals surface area contributed by atoms with Crippen molar-refractivity contribution in [3.8, 4) is 11.5 Å². The Balaban J connectivity index is 2.46. The van der Waals surface area contributed by atoms with Gasteiger partial charge in [-0.1, -0.05) is 18.2 Å². The summed E-state index contributed by atoms with van der Waals surface area (Å²) in [5.41, 5.74) is 0.806. The first-order chi connectivity index (χ1) is 9.44. The number of rotatable bonds is 4. The van der Waals surface area contributed by atoms with Gasteiger partial charge in [-0.25, -0.2) is 0 Å². The van der Waals surface area contributed by atoms with Gasteiger partial charge in [0.05, 0.1) is 11.6 Å². The van der Waals surface area contributed by atoms with E-state index in [0.717, 1.165) is 5.56 Å². The summed E-state index contributed by atoms with van der Waals surface area (Å²) in [6, 6.07) is 11.6. The van der Waals surface area contributed by atoms with Crippen LogP contribution in [-0.4, -0.2) is 15.5 Å². The van der Waals surface area contributed by atoms with Crippen molar-refractivity contribution >= 4 is 26.0 Å². The van der Waals surface area contributed by atoms with E-state index < -0.39 is 10.1 Å². The number of hydrogen-bond donors (Lipinski definition) is 0. The second kappa shape index (κ2) is 5.85. The molecule has 0 aromatic heterocycles. The van der Waals surface area contributed by atoms with Crippen LogP contribution in [0.5, 0.6) is 11.5 Å². The van der Waals surface area contributed by atoms with Crippen molar-refractivity contribution in [1.82, 2.24) is 0 Å². The molecule has 0 aliphatic carbocycles. The van der Waals surface area contributed by atoms with Gasteiger partial charge in [0.15, 0.2) is 5.75 Å². The van der Waals surface area contributed by atoms with E-state index >= 15 is 0 Å². The molecule has 0 heterocycles. The lowest BCUT2D eigenvalue weighted by molar-refractivity contribution is 0.398. The highest BCUT2D eigenvalue weighted by molar-refractivity contribution is 9.10. The van der Waals surface area contributed by atoms with E-state index in [1.165, 1.54) is 13.2 Å². The molecule has 0 aliphatic rings. The third kappa shape index (κ3) is 3.13. The van der Waals surface area contributed by atoms with Crippen LogP contribution in [0, 0.1) is 6.92 Å². The number of ether oxygens (including phenoxy) is 1. The normalized spacial score (nSPS) is 11.2. The van der Waals surface area contributed by atoms with Crippen LogP contribution in [0.25, 0.3) is 0 Å². The Kier molecular flexibility index (Phi) is 4.35. The molecule has 0 aliphatic heterocycles. The van der Waals surface area contributed by atoms with E-state index in [1.807, 2.05) is 0 Å². The first kappa shape index (κ1) is 14.9.